The topological polar surface area (TPSA) is 70.4 Å². The normalized spacial score (nSPS) is 21.9. The van der Waals surface area contributed by atoms with Crippen LogP contribution in [0.4, 0.5) is 4.79 Å². The second-order valence-corrected chi connectivity index (χ2v) is 1.59. The Balaban J connectivity index is 2.29. The van der Waals surface area contributed by atoms with Crippen molar-refractivity contribution in [3.8, 4) is 0 Å². The lowest BCUT2D eigenvalue weighted by Gasteiger charge is -2.22. The summed E-state index contributed by atoms with van der Waals surface area (Å²) in [6, 6.07) is -0.160. The fourth-order valence-electron chi connectivity index (χ4n) is 0.465. The third-order valence-corrected chi connectivity index (χ3v) is 0.885. The van der Waals surface area contributed by atoms with E-state index in [-0.39, 0.29) is 6.03 Å². The number of nitrogens with two attached hydrogens (primary N) is 1. The predicted molar refractivity (Wildman–Crippen MR) is 27.4 cm³/mol. The number of hydrogen-bond acceptors (Lipinski definition) is 3. The van der Waals surface area contributed by atoms with Crippen LogP contribution >= 0.6 is 0 Å². The summed E-state index contributed by atoms with van der Waals surface area (Å²) in [4.78, 5) is 10.3. The first-order valence-electron chi connectivity index (χ1n) is 2.30. The van der Waals surface area contributed by atoms with Crippen molar-refractivity contribution in [1.82, 2.24) is 15.6 Å². The summed E-state index contributed by atoms with van der Waals surface area (Å²) in [5.41, 5.74) is 0. The monoisotopic (exact) mass is 116 g/mol. The number of amides is 2. The number of carbonyl (C=O) groups excluding carboxylic acids is 1. The summed E-state index contributed by atoms with van der Waals surface area (Å²) in [6.45, 7) is 0.845. The van der Waals surface area contributed by atoms with Crippen LogP contribution in [0.3, 0.4) is 0 Å². The summed E-state index contributed by atoms with van der Waals surface area (Å²) in [7, 11) is 0. The van der Waals surface area contributed by atoms with Crippen molar-refractivity contribution in [2.24, 2.45) is 5.84 Å². The lowest BCUT2D eigenvalue weighted by molar-refractivity contribution is 0.184. The molecule has 1 aliphatic rings. The van der Waals surface area contributed by atoms with Crippen LogP contribution in [0.5, 0.6) is 0 Å². The van der Waals surface area contributed by atoms with Gasteiger partial charge in [-0.25, -0.2) is 9.80 Å². The highest BCUT2D eigenvalue weighted by Crippen LogP contribution is 1.76. The van der Waals surface area contributed by atoms with E-state index in [0.29, 0.717) is 13.3 Å². The maximum Gasteiger partial charge on any atom is 0.316 e. The highest BCUT2D eigenvalue weighted by molar-refractivity contribution is 5.74. The molecule has 1 aliphatic heterocycles. The summed E-state index contributed by atoms with van der Waals surface area (Å²) >= 11 is 0. The molecule has 0 unspecified atom stereocenters. The molecule has 5 heteroatoms. The van der Waals surface area contributed by atoms with Crippen LogP contribution in [0.15, 0.2) is 0 Å². The van der Waals surface area contributed by atoms with Gasteiger partial charge in [-0.05, 0) is 0 Å². The average Bonchev–Trinajstić information content (AvgIpc) is 1.77. The lowest BCUT2D eigenvalue weighted by atomic mass is 10.7. The second kappa shape index (κ2) is 1.97. The Hall–Kier alpha value is -0.810. The Labute approximate surface area is 46.8 Å². The number of hydrazine groups is 1. The van der Waals surface area contributed by atoms with E-state index in [9.17, 15) is 4.79 Å². The molecule has 0 atom stereocenters. The molecule has 0 radical (unpaired) electrons. The minimum absolute atomic E-state index is 0.160. The van der Waals surface area contributed by atoms with E-state index in [2.05, 4.69) is 10.6 Å². The van der Waals surface area contributed by atoms with Gasteiger partial charge in [0.1, 0.15) is 0 Å². The highest BCUT2D eigenvalue weighted by Gasteiger charge is 2.08. The number of hydrogen-bond donors (Lipinski definition) is 3. The van der Waals surface area contributed by atoms with Crippen molar-refractivity contribution in [3.63, 3.8) is 0 Å². The van der Waals surface area contributed by atoms with Crippen molar-refractivity contribution in [2.75, 3.05) is 13.3 Å². The second-order valence-electron chi connectivity index (χ2n) is 1.59. The van der Waals surface area contributed by atoms with Gasteiger partial charge >= 0.3 is 6.03 Å². The third kappa shape index (κ3) is 1.08. The fraction of sp³-hybridized carbons (Fsp3) is 0.667. The summed E-state index contributed by atoms with van der Waals surface area (Å²) in [5.74, 6) is 5.25. The Bertz CT molecular complexity index is 93.5. The molecule has 0 aromatic carbocycles. The van der Waals surface area contributed by atoms with Crippen LogP contribution in [-0.2, 0) is 0 Å². The predicted octanol–water partition coefficient (Wildman–Crippen LogP) is -1.61. The standard InChI is InChI=1S/C3H8N4O/c4-7-1-5-3(8)6-2-7/h1-2,4H2,(H2,5,6,8). The Kier molecular flexibility index (Phi) is 1.32. The fourth-order valence-corrected chi connectivity index (χ4v) is 0.465. The highest BCUT2D eigenvalue weighted by atomic mass is 16.2. The van der Waals surface area contributed by atoms with Crippen LogP contribution in [0.25, 0.3) is 0 Å². The van der Waals surface area contributed by atoms with Gasteiger partial charge in [-0.1, -0.05) is 0 Å². The minimum Gasteiger partial charge on any atom is -0.324 e. The first kappa shape index (κ1) is 5.33. The summed E-state index contributed by atoms with van der Waals surface area (Å²) in [6.07, 6.45) is 0. The molecule has 1 saturated heterocycles. The zero-order valence-corrected chi connectivity index (χ0v) is 4.35. The molecule has 0 aromatic heterocycles. The van der Waals surface area contributed by atoms with Crippen molar-refractivity contribution >= 4 is 6.03 Å². The summed E-state index contributed by atoms with van der Waals surface area (Å²) < 4.78 is 0. The van der Waals surface area contributed by atoms with Gasteiger partial charge in [0.15, 0.2) is 0 Å². The number of carbonyl (C=O) groups is 1. The first-order chi connectivity index (χ1) is 3.79. The molecule has 0 saturated carbocycles. The molecule has 0 aliphatic carbocycles. The van der Waals surface area contributed by atoms with Gasteiger partial charge in [0.25, 0.3) is 0 Å². The Morgan fingerprint density at radius 2 is 2.00 bits per heavy atom. The van der Waals surface area contributed by atoms with Gasteiger partial charge in [-0.3, -0.25) is 5.84 Å². The quantitative estimate of drug-likeness (QED) is 0.333. The SMILES string of the molecule is NN1CNC(=O)NC1. The van der Waals surface area contributed by atoms with E-state index in [1.807, 2.05) is 0 Å². The molecule has 1 fully saturated rings. The molecule has 0 aromatic rings. The van der Waals surface area contributed by atoms with E-state index >= 15 is 0 Å². The van der Waals surface area contributed by atoms with Gasteiger partial charge in [0, 0.05) is 0 Å². The molecule has 2 amide bonds. The molecule has 1 heterocycles. The molecule has 46 valence electrons. The Morgan fingerprint density at radius 3 is 2.38 bits per heavy atom. The van der Waals surface area contributed by atoms with E-state index < -0.39 is 0 Å². The zero-order valence-electron chi connectivity index (χ0n) is 4.35. The number of nitrogens with one attached hydrogen (secondary N) is 2. The molecular formula is C3H8N4O. The van der Waals surface area contributed by atoms with Crippen LogP contribution < -0.4 is 16.5 Å². The third-order valence-electron chi connectivity index (χ3n) is 0.885. The van der Waals surface area contributed by atoms with Gasteiger partial charge in [0.05, 0.1) is 13.3 Å². The van der Waals surface area contributed by atoms with Gasteiger partial charge in [-0.2, -0.15) is 0 Å². The van der Waals surface area contributed by atoms with Crippen molar-refractivity contribution in [3.05, 3.63) is 0 Å². The van der Waals surface area contributed by atoms with Gasteiger partial charge < -0.3 is 10.6 Å². The summed E-state index contributed by atoms with van der Waals surface area (Å²) in [5, 5.41) is 6.42. The van der Waals surface area contributed by atoms with Crippen molar-refractivity contribution < 1.29 is 4.79 Å². The van der Waals surface area contributed by atoms with E-state index in [1.54, 1.807) is 0 Å². The lowest BCUT2D eigenvalue weighted by Crippen LogP contribution is -2.56. The van der Waals surface area contributed by atoms with Crippen LogP contribution in [0, 0.1) is 0 Å². The minimum atomic E-state index is -0.160. The molecular weight excluding hydrogens is 108 g/mol. The smallest absolute Gasteiger partial charge is 0.316 e. The number of rotatable bonds is 0. The van der Waals surface area contributed by atoms with Crippen LogP contribution in [0.1, 0.15) is 0 Å². The van der Waals surface area contributed by atoms with Gasteiger partial charge in [-0.15, -0.1) is 0 Å². The number of nitrogens with zero attached hydrogens (tertiary/aromatic N) is 1. The van der Waals surface area contributed by atoms with Crippen molar-refractivity contribution in [1.29, 1.82) is 0 Å². The molecule has 0 bridgehead atoms. The molecule has 4 N–H and O–H groups in total. The molecule has 5 nitrogen and oxygen atoms in total. The molecule has 8 heavy (non-hydrogen) atoms. The maximum absolute atomic E-state index is 10.3. The van der Waals surface area contributed by atoms with Gasteiger partial charge in [0.2, 0.25) is 0 Å². The van der Waals surface area contributed by atoms with Crippen LogP contribution in [-0.4, -0.2) is 24.4 Å². The first-order valence-corrected chi connectivity index (χ1v) is 2.30. The van der Waals surface area contributed by atoms with E-state index in [0.717, 1.165) is 0 Å². The number of urea groups is 1. The maximum atomic E-state index is 10.3. The van der Waals surface area contributed by atoms with E-state index in [1.165, 1.54) is 5.01 Å². The average molecular weight is 116 g/mol. The van der Waals surface area contributed by atoms with Crippen molar-refractivity contribution in [2.45, 2.75) is 0 Å². The Morgan fingerprint density at radius 1 is 1.50 bits per heavy atom. The largest absolute Gasteiger partial charge is 0.324 e. The van der Waals surface area contributed by atoms with Crippen LogP contribution in [0.2, 0.25) is 0 Å². The molecule has 0 spiro atoms. The van der Waals surface area contributed by atoms with E-state index in [4.69, 9.17) is 5.84 Å². The molecule has 1 rings (SSSR count). The zero-order chi connectivity index (χ0) is 5.98.